The minimum Gasteiger partial charge on any atom is -0.354 e. The molecule has 1 amide bonds. The molecule has 3 nitrogen and oxygen atoms in total. The molecule has 1 saturated heterocycles. The number of halogens is 3. The maximum Gasteiger partial charge on any atom is 0.262 e. The summed E-state index contributed by atoms with van der Waals surface area (Å²) in [4.78, 5) is 12.0. The van der Waals surface area contributed by atoms with Crippen LogP contribution in [-0.4, -0.2) is 31.0 Å². The van der Waals surface area contributed by atoms with Crippen molar-refractivity contribution in [3.8, 4) is 0 Å². The fourth-order valence-electron chi connectivity index (χ4n) is 3.33. The SMILES string of the molecule is CC1(CNC(=O)C2CC(F)(F)CN2)Cc2ccccc2C1.Cl. The molecule has 1 unspecified atom stereocenters. The van der Waals surface area contributed by atoms with E-state index in [0.717, 1.165) is 12.8 Å². The van der Waals surface area contributed by atoms with Crippen LogP contribution in [0.3, 0.4) is 0 Å². The van der Waals surface area contributed by atoms with Crippen LogP contribution < -0.4 is 10.6 Å². The van der Waals surface area contributed by atoms with E-state index < -0.39 is 24.9 Å². The van der Waals surface area contributed by atoms with Crippen LogP contribution in [0.2, 0.25) is 0 Å². The van der Waals surface area contributed by atoms with E-state index in [2.05, 4.69) is 29.7 Å². The van der Waals surface area contributed by atoms with E-state index in [-0.39, 0.29) is 23.7 Å². The summed E-state index contributed by atoms with van der Waals surface area (Å²) < 4.78 is 26.2. The molecule has 1 heterocycles. The van der Waals surface area contributed by atoms with E-state index in [1.807, 2.05) is 12.1 Å². The van der Waals surface area contributed by atoms with Gasteiger partial charge in [-0.1, -0.05) is 31.2 Å². The summed E-state index contributed by atoms with van der Waals surface area (Å²) in [6, 6.07) is 7.50. The maximum absolute atomic E-state index is 13.1. The first-order valence-electron chi connectivity index (χ1n) is 7.33. The zero-order chi connectivity index (χ0) is 15.1. The highest BCUT2D eigenvalue weighted by Crippen LogP contribution is 2.36. The fourth-order valence-corrected chi connectivity index (χ4v) is 3.33. The van der Waals surface area contributed by atoms with E-state index in [4.69, 9.17) is 0 Å². The molecule has 1 aromatic carbocycles. The summed E-state index contributed by atoms with van der Waals surface area (Å²) in [6.07, 6.45) is 1.42. The van der Waals surface area contributed by atoms with E-state index in [1.165, 1.54) is 11.1 Å². The van der Waals surface area contributed by atoms with Crippen molar-refractivity contribution >= 4 is 18.3 Å². The van der Waals surface area contributed by atoms with Crippen LogP contribution in [0, 0.1) is 5.41 Å². The topological polar surface area (TPSA) is 41.1 Å². The summed E-state index contributed by atoms with van der Waals surface area (Å²) in [5.41, 5.74) is 2.61. The second-order valence-electron chi connectivity index (χ2n) is 6.64. The molecule has 22 heavy (non-hydrogen) atoms. The molecule has 2 N–H and O–H groups in total. The first-order chi connectivity index (χ1) is 9.87. The zero-order valence-electron chi connectivity index (χ0n) is 12.5. The van der Waals surface area contributed by atoms with Crippen molar-refractivity contribution in [2.45, 2.75) is 38.2 Å². The second kappa shape index (κ2) is 6.13. The fraction of sp³-hybridized carbons (Fsp3) is 0.562. The average Bonchev–Trinajstić information content (AvgIpc) is 2.95. The van der Waals surface area contributed by atoms with Gasteiger partial charge in [0.15, 0.2) is 0 Å². The molecule has 0 spiro atoms. The number of nitrogens with one attached hydrogen (secondary N) is 2. The molecular formula is C16H21ClF2N2O. The van der Waals surface area contributed by atoms with Crippen LogP contribution in [0.4, 0.5) is 8.78 Å². The predicted octanol–water partition coefficient (Wildman–Crippen LogP) is 2.33. The molecule has 122 valence electrons. The van der Waals surface area contributed by atoms with Crippen LogP contribution in [-0.2, 0) is 17.6 Å². The summed E-state index contributed by atoms with van der Waals surface area (Å²) in [5, 5.41) is 5.43. The van der Waals surface area contributed by atoms with Crippen molar-refractivity contribution < 1.29 is 13.6 Å². The number of hydrogen-bond donors (Lipinski definition) is 2. The molecule has 1 atom stereocenters. The highest BCUT2D eigenvalue weighted by Gasteiger charge is 2.42. The van der Waals surface area contributed by atoms with E-state index in [1.54, 1.807) is 0 Å². The number of amides is 1. The molecule has 1 aromatic rings. The molecular weight excluding hydrogens is 310 g/mol. The van der Waals surface area contributed by atoms with Gasteiger partial charge in [0.25, 0.3) is 5.92 Å². The first kappa shape index (κ1) is 17.2. The molecule has 3 rings (SSSR count). The molecule has 1 aliphatic heterocycles. The molecule has 1 fully saturated rings. The summed E-state index contributed by atoms with van der Waals surface area (Å²) in [6.45, 7) is 2.24. The molecule has 0 saturated carbocycles. The van der Waals surface area contributed by atoms with Gasteiger partial charge in [0.05, 0.1) is 12.6 Å². The maximum atomic E-state index is 13.1. The summed E-state index contributed by atoms with van der Waals surface area (Å²) in [7, 11) is 0. The van der Waals surface area contributed by atoms with Gasteiger partial charge in [0, 0.05) is 13.0 Å². The number of alkyl halides is 2. The number of fused-ring (bicyclic) bond motifs is 1. The van der Waals surface area contributed by atoms with E-state index in [9.17, 15) is 13.6 Å². The van der Waals surface area contributed by atoms with Crippen LogP contribution in [0.25, 0.3) is 0 Å². The van der Waals surface area contributed by atoms with Gasteiger partial charge < -0.3 is 5.32 Å². The smallest absolute Gasteiger partial charge is 0.262 e. The Kier molecular flexibility index (Phi) is 4.78. The lowest BCUT2D eigenvalue weighted by molar-refractivity contribution is -0.123. The Morgan fingerprint density at radius 3 is 2.41 bits per heavy atom. The van der Waals surface area contributed by atoms with Gasteiger partial charge >= 0.3 is 0 Å². The quantitative estimate of drug-likeness (QED) is 0.893. The van der Waals surface area contributed by atoms with Crippen LogP contribution in [0.15, 0.2) is 24.3 Å². The van der Waals surface area contributed by atoms with Crippen molar-refractivity contribution in [1.29, 1.82) is 0 Å². The molecule has 6 heteroatoms. The number of rotatable bonds is 3. The first-order valence-corrected chi connectivity index (χ1v) is 7.33. The number of carbonyl (C=O) groups excluding carboxylic acids is 1. The number of hydrogen-bond acceptors (Lipinski definition) is 2. The predicted molar refractivity (Wildman–Crippen MR) is 83.6 cm³/mol. The monoisotopic (exact) mass is 330 g/mol. The number of benzene rings is 1. The summed E-state index contributed by atoms with van der Waals surface area (Å²) in [5.74, 6) is -3.08. The van der Waals surface area contributed by atoms with Crippen LogP contribution >= 0.6 is 12.4 Å². The minimum absolute atomic E-state index is 0. The van der Waals surface area contributed by atoms with Crippen LogP contribution in [0.5, 0.6) is 0 Å². The lowest BCUT2D eigenvalue weighted by Gasteiger charge is -2.25. The third kappa shape index (κ3) is 3.58. The highest BCUT2D eigenvalue weighted by atomic mass is 35.5. The minimum atomic E-state index is -2.77. The third-order valence-corrected chi connectivity index (χ3v) is 4.47. The Morgan fingerprint density at radius 1 is 1.32 bits per heavy atom. The van der Waals surface area contributed by atoms with Crippen molar-refractivity contribution in [3.63, 3.8) is 0 Å². The summed E-state index contributed by atoms with van der Waals surface area (Å²) >= 11 is 0. The van der Waals surface area contributed by atoms with Gasteiger partial charge in [0.1, 0.15) is 0 Å². The third-order valence-electron chi connectivity index (χ3n) is 4.47. The Bertz CT molecular complexity index is 540. The molecule has 0 aromatic heterocycles. The van der Waals surface area contributed by atoms with Crippen LogP contribution in [0.1, 0.15) is 24.5 Å². The van der Waals surface area contributed by atoms with Gasteiger partial charge in [-0.15, -0.1) is 12.4 Å². The Morgan fingerprint density at radius 2 is 1.91 bits per heavy atom. The zero-order valence-corrected chi connectivity index (χ0v) is 13.3. The average molecular weight is 331 g/mol. The van der Waals surface area contributed by atoms with E-state index >= 15 is 0 Å². The second-order valence-corrected chi connectivity index (χ2v) is 6.64. The Balaban J connectivity index is 0.00000176. The Labute approximate surface area is 135 Å². The number of carbonyl (C=O) groups is 1. The van der Waals surface area contributed by atoms with Gasteiger partial charge in [-0.3, -0.25) is 10.1 Å². The van der Waals surface area contributed by atoms with Crippen molar-refractivity contribution in [2.75, 3.05) is 13.1 Å². The van der Waals surface area contributed by atoms with Gasteiger partial charge in [-0.05, 0) is 29.4 Å². The highest BCUT2D eigenvalue weighted by molar-refractivity contribution is 5.85. The van der Waals surface area contributed by atoms with Gasteiger partial charge in [-0.2, -0.15) is 0 Å². The molecule has 2 aliphatic rings. The standard InChI is InChI=1S/C16H20F2N2O.ClH/c1-15(6-11-4-2-3-5-12(11)7-15)9-20-14(21)13-8-16(17,18)10-19-13;/h2-5,13,19H,6-10H2,1H3,(H,20,21);1H. The van der Waals surface area contributed by atoms with Crippen molar-refractivity contribution in [3.05, 3.63) is 35.4 Å². The lowest BCUT2D eigenvalue weighted by Crippen LogP contribution is -2.44. The van der Waals surface area contributed by atoms with Crippen molar-refractivity contribution in [1.82, 2.24) is 10.6 Å². The van der Waals surface area contributed by atoms with E-state index in [0.29, 0.717) is 6.54 Å². The van der Waals surface area contributed by atoms with Crippen molar-refractivity contribution in [2.24, 2.45) is 5.41 Å². The van der Waals surface area contributed by atoms with Gasteiger partial charge in [0.2, 0.25) is 5.91 Å². The van der Waals surface area contributed by atoms with Gasteiger partial charge in [-0.25, -0.2) is 8.78 Å². The molecule has 0 radical (unpaired) electrons. The molecule has 1 aliphatic carbocycles. The lowest BCUT2D eigenvalue weighted by atomic mass is 9.87. The molecule has 0 bridgehead atoms. The largest absolute Gasteiger partial charge is 0.354 e. The normalized spacial score (nSPS) is 24.4. The Hall–Kier alpha value is -1.20.